The zero-order valence-electron chi connectivity index (χ0n) is 22.6. The molecule has 8 nitrogen and oxygen atoms in total. The van der Waals surface area contributed by atoms with Gasteiger partial charge in [-0.3, -0.25) is 9.36 Å². The number of aryl methyl sites for hydroxylation is 3. The van der Waals surface area contributed by atoms with Gasteiger partial charge in [-0.05, 0) is 64.1 Å². The number of hydrogen-bond acceptors (Lipinski definition) is 6. The molecule has 0 saturated heterocycles. The first-order valence-corrected chi connectivity index (χ1v) is 13.6. The van der Waals surface area contributed by atoms with E-state index in [4.69, 9.17) is 4.74 Å². The van der Waals surface area contributed by atoms with Crippen molar-refractivity contribution in [2.45, 2.75) is 32.9 Å². The summed E-state index contributed by atoms with van der Waals surface area (Å²) in [6.45, 7) is 7.94. The zero-order valence-corrected chi connectivity index (χ0v) is 23.4. The maximum atomic E-state index is 13.1. The van der Waals surface area contributed by atoms with Crippen molar-refractivity contribution in [3.63, 3.8) is 0 Å². The molecule has 0 aliphatic heterocycles. The molecular weight excluding hydrogens is 508 g/mol. The van der Waals surface area contributed by atoms with Crippen molar-refractivity contribution in [2.24, 2.45) is 0 Å². The summed E-state index contributed by atoms with van der Waals surface area (Å²) in [6, 6.07) is 24.0. The van der Waals surface area contributed by atoms with Crippen molar-refractivity contribution < 1.29 is 9.53 Å². The molecule has 1 N–H and O–H groups in total. The van der Waals surface area contributed by atoms with Gasteiger partial charge in [-0.2, -0.15) is 5.10 Å². The number of carbonyl (C=O) groups excluding carboxylic acids is 1. The van der Waals surface area contributed by atoms with Crippen molar-refractivity contribution >= 4 is 23.4 Å². The summed E-state index contributed by atoms with van der Waals surface area (Å²) in [6.07, 6.45) is 0. The van der Waals surface area contributed by atoms with Gasteiger partial charge in [-0.15, -0.1) is 10.2 Å². The Morgan fingerprint density at radius 2 is 1.51 bits per heavy atom. The molecule has 39 heavy (non-hydrogen) atoms. The first-order chi connectivity index (χ1) is 18.9. The van der Waals surface area contributed by atoms with Crippen molar-refractivity contribution in [3.05, 3.63) is 95.3 Å². The number of rotatable bonds is 8. The average Bonchev–Trinajstić information content (AvgIpc) is 3.49. The monoisotopic (exact) mass is 538 g/mol. The summed E-state index contributed by atoms with van der Waals surface area (Å²) in [5.41, 5.74) is 7.35. The van der Waals surface area contributed by atoms with Crippen LogP contribution in [0.3, 0.4) is 0 Å². The van der Waals surface area contributed by atoms with Gasteiger partial charge in [0, 0.05) is 5.69 Å². The molecule has 0 atom stereocenters. The lowest BCUT2D eigenvalue weighted by Gasteiger charge is -2.13. The van der Waals surface area contributed by atoms with Crippen LogP contribution in [0.2, 0.25) is 0 Å². The van der Waals surface area contributed by atoms with E-state index in [1.165, 1.54) is 17.3 Å². The Labute approximate surface area is 232 Å². The SMILES string of the molecule is COc1ccccc1-c1nnc(SCC(=O)Nc2c(C)nn(-c3ccc(C)cc3)c2C)n1-c1ccc(C)cc1. The molecule has 0 saturated carbocycles. The van der Waals surface area contributed by atoms with Crippen LogP contribution in [-0.4, -0.2) is 43.3 Å². The topological polar surface area (TPSA) is 86.9 Å². The first kappa shape index (κ1) is 26.2. The standard InChI is InChI=1S/C30H30N6O2S/c1-19-10-14-23(15-11-19)35-29(25-8-6-7-9-26(25)38-5)32-33-30(35)39-18-27(37)31-28-21(3)34-36(22(28)4)24-16-12-20(2)13-17-24/h6-17H,18H2,1-5H3,(H,31,37). The predicted molar refractivity (Wildman–Crippen MR) is 155 cm³/mol. The van der Waals surface area contributed by atoms with Crippen LogP contribution in [0.5, 0.6) is 5.75 Å². The van der Waals surface area contributed by atoms with Gasteiger partial charge in [0.15, 0.2) is 11.0 Å². The van der Waals surface area contributed by atoms with Crippen molar-refractivity contribution in [1.29, 1.82) is 0 Å². The number of benzene rings is 3. The number of carbonyl (C=O) groups is 1. The van der Waals surface area contributed by atoms with Crippen LogP contribution in [0.4, 0.5) is 5.69 Å². The van der Waals surface area contributed by atoms with E-state index in [1.54, 1.807) is 7.11 Å². The highest BCUT2D eigenvalue weighted by Crippen LogP contribution is 2.33. The van der Waals surface area contributed by atoms with Gasteiger partial charge in [0.25, 0.3) is 0 Å². The molecule has 0 radical (unpaired) electrons. The van der Waals surface area contributed by atoms with E-state index in [9.17, 15) is 4.79 Å². The number of nitrogens with one attached hydrogen (secondary N) is 1. The van der Waals surface area contributed by atoms with Gasteiger partial charge in [0.1, 0.15) is 5.75 Å². The highest BCUT2D eigenvalue weighted by atomic mass is 32.2. The van der Waals surface area contributed by atoms with Gasteiger partial charge in [0.2, 0.25) is 5.91 Å². The van der Waals surface area contributed by atoms with Crippen molar-refractivity contribution in [3.8, 4) is 28.5 Å². The second-order valence-electron chi connectivity index (χ2n) is 9.31. The Kier molecular flexibility index (Phi) is 7.51. The van der Waals surface area contributed by atoms with Crippen molar-refractivity contribution in [1.82, 2.24) is 24.5 Å². The zero-order chi connectivity index (χ0) is 27.5. The lowest BCUT2D eigenvalue weighted by molar-refractivity contribution is -0.113. The number of amides is 1. The van der Waals surface area contributed by atoms with Crippen LogP contribution < -0.4 is 10.1 Å². The molecule has 0 aliphatic carbocycles. The lowest BCUT2D eigenvalue weighted by Crippen LogP contribution is -2.16. The van der Waals surface area contributed by atoms with Crippen LogP contribution in [-0.2, 0) is 4.79 Å². The van der Waals surface area contributed by atoms with E-state index < -0.39 is 0 Å². The van der Waals surface area contributed by atoms with E-state index in [-0.39, 0.29) is 11.7 Å². The first-order valence-electron chi connectivity index (χ1n) is 12.6. The van der Waals surface area contributed by atoms with Gasteiger partial charge in [-0.1, -0.05) is 59.3 Å². The lowest BCUT2D eigenvalue weighted by atomic mass is 10.1. The number of hydrogen-bond donors (Lipinski definition) is 1. The third kappa shape index (κ3) is 5.44. The van der Waals surface area contributed by atoms with Gasteiger partial charge < -0.3 is 10.1 Å². The highest BCUT2D eigenvalue weighted by Gasteiger charge is 2.21. The summed E-state index contributed by atoms with van der Waals surface area (Å²) >= 11 is 1.33. The Hall–Kier alpha value is -4.37. The summed E-state index contributed by atoms with van der Waals surface area (Å²) in [4.78, 5) is 13.1. The number of thioether (sulfide) groups is 1. The molecular formula is C30H30N6O2S. The largest absolute Gasteiger partial charge is 0.496 e. The smallest absolute Gasteiger partial charge is 0.234 e. The molecule has 1 amide bonds. The third-order valence-corrected chi connectivity index (χ3v) is 7.37. The van der Waals surface area contributed by atoms with Crippen LogP contribution >= 0.6 is 11.8 Å². The minimum Gasteiger partial charge on any atom is -0.496 e. The maximum absolute atomic E-state index is 13.1. The van der Waals surface area contributed by atoms with Gasteiger partial charge >= 0.3 is 0 Å². The fourth-order valence-electron chi connectivity index (χ4n) is 4.36. The van der Waals surface area contributed by atoms with Crippen LogP contribution in [0, 0.1) is 27.7 Å². The molecule has 0 fully saturated rings. The number of ether oxygens (including phenoxy) is 1. The quantitative estimate of drug-likeness (QED) is 0.241. The van der Waals surface area contributed by atoms with Gasteiger partial charge in [0.05, 0.1) is 41.2 Å². The Balaban J connectivity index is 1.40. The molecule has 0 aliphatic rings. The number of para-hydroxylation sites is 1. The Morgan fingerprint density at radius 3 is 2.18 bits per heavy atom. The third-order valence-electron chi connectivity index (χ3n) is 6.44. The molecule has 2 aromatic heterocycles. The molecule has 0 bridgehead atoms. The average molecular weight is 539 g/mol. The van der Waals surface area contributed by atoms with E-state index in [0.29, 0.717) is 16.7 Å². The van der Waals surface area contributed by atoms with Crippen molar-refractivity contribution in [2.75, 3.05) is 18.2 Å². The number of aromatic nitrogens is 5. The molecule has 198 valence electrons. The second kappa shape index (κ2) is 11.2. The minimum absolute atomic E-state index is 0.146. The van der Waals surface area contributed by atoms with E-state index >= 15 is 0 Å². The van der Waals surface area contributed by atoms with Crippen LogP contribution in [0.15, 0.2) is 78.0 Å². The molecule has 0 unspecified atom stereocenters. The Bertz CT molecular complexity index is 1620. The normalized spacial score (nSPS) is 11.0. The summed E-state index contributed by atoms with van der Waals surface area (Å²) < 4.78 is 9.40. The fraction of sp³-hybridized carbons (Fsp3) is 0.200. The molecule has 9 heteroatoms. The Morgan fingerprint density at radius 1 is 0.872 bits per heavy atom. The predicted octanol–water partition coefficient (Wildman–Crippen LogP) is 6.09. The number of anilines is 1. The van der Waals surface area contributed by atoms with E-state index in [0.717, 1.165) is 39.6 Å². The van der Waals surface area contributed by atoms with Crippen LogP contribution in [0.25, 0.3) is 22.8 Å². The maximum Gasteiger partial charge on any atom is 0.234 e. The van der Waals surface area contributed by atoms with E-state index in [2.05, 4.69) is 20.6 Å². The minimum atomic E-state index is -0.146. The molecule has 3 aromatic carbocycles. The van der Waals surface area contributed by atoms with Gasteiger partial charge in [-0.25, -0.2) is 4.68 Å². The summed E-state index contributed by atoms with van der Waals surface area (Å²) in [7, 11) is 1.64. The molecule has 2 heterocycles. The molecule has 5 rings (SSSR count). The highest BCUT2D eigenvalue weighted by molar-refractivity contribution is 7.99. The summed E-state index contributed by atoms with van der Waals surface area (Å²) in [5.74, 6) is 1.35. The van der Waals surface area contributed by atoms with E-state index in [1.807, 2.05) is 110 Å². The molecule has 5 aromatic rings. The number of nitrogens with zero attached hydrogens (tertiary/aromatic N) is 5. The fourth-order valence-corrected chi connectivity index (χ4v) is 5.11. The second-order valence-corrected chi connectivity index (χ2v) is 10.2. The summed E-state index contributed by atoms with van der Waals surface area (Å²) in [5, 5.41) is 17.3. The van der Waals surface area contributed by atoms with Crippen LogP contribution in [0.1, 0.15) is 22.5 Å². The molecule has 0 spiro atoms. The number of methoxy groups -OCH3 is 1.